The van der Waals surface area contributed by atoms with E-state index in [1.807, 2.05) is 0 Å². The zero-order chi connectivity index (χ0) is 35.4. The lowest BCUT2D eigenvalue weighted by atomic mass is 10.1. The fourth-order valence-electron chi connectivity index (χ4n) is 5.15. The van der Waals surface area contributed by atoms with Crippen LogP contribution in [0.25, 0.3) is 0 Å². The number of ether oxygens (including phenoxy) is 2. The van der Waals surface area contributed by atoms with Gasteiger partial charge in [0.05, 0.1) is 26.4 Å². The highest BCUT2D eigenvalue weighted by Crippen LogP contribution is 2.43. The lowest BCUT2D eigenvalue weighted by Gasteiger charge is -2.20. The number of phosphoric ester groups is 1. The molecule has 0 aromatic rings. The van der Waals surface area contributed by atoms with Gasteiger partial charge in [0.2, 0.25) is 0 Å². The van der Waals surface area contributed by atoms with Crippen LogP contribution in [0.5, 0.6) is 0 Å². The molecule has 3 atom stereocenters. The van der Waals surface area contributed by atoms with Gasteiger partial charge < -0.3 is 24.6 Å². The summed E-state index contributed by atoms with van der Waals surface area (Å²) in [7, 11) is -4.50. The van der Waals surface area contributed by atoms with Crippen molar-refractivity contribution in [3.05, 3.63) is 24.3 Å². The van der Waals surface area contributed by atoms with E-state index in [1.54, 1.807) is 0 Å². The minimum absolute atomic E-state index is 0.0478. The number of carbonyl (C=O) groups excluding carboxylic acids is 1. The van der Waals surface area contributed by atoms with Crippen LogP contribution >= 0.6 is 7.82 Å². The highest BCUT2D eigenvalue weighted by atomic mass is 31.2. The molecule has 0 aliphatic heterocycles. The van der Waals surface area contributed by atoms with Crippen LogP contribution in [0, 0.1) is 0 Å². The van der Waals surface area contributed by atoms with Gasteiger partial charge in [-0.1, -0.05) is 141 Å². The molecule has 10 heteroatoms. The third-order valence-corrected chi connectivity index (χ3v) is 9.09. The summed E-state index contributed by atoms with van der Waals surface area (Å²) in [5, 5.41) is 18.2. The van der Waals surface area contributed by atoms with Gasteiger partial charge >= 0.3 is 13.8 Å². The van der Waals surface area contributed by atoms with Gasteiger partial charge in [-0.3, -0.25) is 13.8 Å². The molecule has 0 bridgehead atoms. The van der Waals surface area contributed by atoms with Crippen LogP contribution in [0.2, 0.25) is 0 Å². The Balaban J connectivity index is 4.12. The molecule has 0 rings (SSSR count). The summed E-state index contributed by atoms with van der Waals surface area (Å²) in [5.41, 5.74) is 0. The van der Waals surface area contributed by atoms with Gasteiger partial charge in [0, 0.05) is 13.0 Å². The van der Waals surface area contributed by atoms with E-state index in [4.69, 9.17) is 23.6 Å². The molecule has 0 saturated carbocycles. The molecular formula is C38H73O9P. The third-order valence-electron chi connectivity index (χ3n) is 8.14. The summed E-state index contributed by atoms with van der Waals surface area (Å²) in [6.45, 7) is 3.45. The van der Waals surface area contributed by atoms with Gasteiger partial charge in [-0.25, -0.2) is 4.57 Å². The molecule has 9 nitrogen and oxygen atoms in total. The fourth-order valence-corrected chi connectivity index (χ4v) is 5.94. The lowest BCUT2D eigenvalue weighted by Crippen LogP contribution is -2.29. The minimum atomic E-state index is -4.50. The SMILES string of the molecule is CCCCCC/C=C\C/C=C\CCCCCCCCCCOCC(COP(=O)(O)OCC(O)CO)OC(=O)CCCCCCCCCC. The molecule has 0 aromatic carbocycles. The molecule has 0 saturated heterocycles. The summed E-state index contributed by atoms with van der Waals surface area (Å²) < 4.78 is 33.1. The van der Waals surface area contributed by atoms with Crippen molar-refractivity contribution >= 4 is 13.8 Å². The van der Waals surface area contributed by atoms with Gasteiger partial charge in [-0.2, -0.15) is 0 Å². The predicted molar refractivity (Wildman–Crippen MR) is 196 cm³/mol. The quantitative estimate of drug-likeness (QED) is 0.0250. The number of rotatable bonds is 37. The summed E-state index contributed by atoms with van der Waals surface area (Å²) in [6.07, 6.45) is 34.3. The van der Waals surface area contributed by atoms with Crippen molar-refractivity contribution < 1.29 is 43.0 Å². The molecular weight excluding hydrogens is 631 g/mol. The smallest absolute Gasteiger partial charge is 0.457 e. The second kappa shape index (κ2) is 35.8. The number of unbranched alkanes of at least 4 members (excludes halogenated alkanes) is 19. The maximum Gasteiger partial charge on any atom is 0.472 e. The number of hydrogen-bond acceptors (Lipinski definition) is 8. The second-order valence-corrected chi connectivity index (χ2v) is 14.4. The summed E-state index contributed by atoms with van der Waals surface area (Å²) in [6, 6.07) is 0. The number of phosphoric acid groups is 1. The molecule has 0 amide bonds. The Labute approximate surface area is 293 Å². The van der Waals surface area contributed by atoms with Crippen LogP contribution in [-0.4, -0.2) is 66.3 Å². The largest absolute Gasteiger partial charge is 0.472 e. The van der Waals surface area contributed by atoms with Gasteiger partial charge in [0.15, 0.2) is 0 Å². The first-order valence-electron chi connectivity index (χ1n) is 19.3. The monoisotopic (exact) mass is 704 g/mol. The minimum Gasteiger partial charge on any atom is -0.457 e. The van der Waals surface area contributed by atoms with Crippen molar-refractivity contribution in [2.45, 2.75) is 180 Å². The number of aliphatic hydroxyl groups excluding tert-OH is 2. The number of hydrogen-bond donors (Lipinski definition) is 3. The van der Waals surface area contributed by atoms with Crippen molar-refractivity contribution in [3.8, 4) is 0 Å². The molecule has 0 aromatic heterocycles. The van der Waals surface area contributed by atoms with E-state index < -0.39 is 33.2 Å². The maximum atomic E-state index is 12.5. The predicted octanol–water partition coefficient (Wildman–Crippen LogP) is 9.92. The van der Waals surface area contributed by atoms with Crippen LogP contribution in [0.1, 0.15) is 168 Å². The van der Waals surface area contributed by atoms with E-state index in [9.17, 15) is 19.4 Å². The summed E-state index contributed by atoms with van der Waals surface area (Å²) in [4.78, 5) is 22.4. The number of aliphatic hydroxyl groups is 2. The average molecular weight is 705 g/mol. The lowest BCUT2D eigenvalue weighted by molar-refractivity contribution is -0.154. The highest BCUT2D eigenvalue weighted by molar-refractivity contribution is 7.47. The Kier molecular flexibility index (Phi) is 35.0. The van der Waals surface area contributed by atoms with Crippen LogP contribution < -0.4 is 0 Å². The van der Waals surface area contributed by atoms with Crippen LogP contribution in [0.4, 0.5) is 0 Å². The maximum absolute atomic E-state index is 12.5. The van der Waals surface area contributed by atoms with Gasteiger partial charge in [0.25, 0.3) is 0 Å². The average Bonchev–Trinajstić information content (AvgIpc) is 3.07. The van der Waals surface area contributed by atoms with E-state index in [1.165, 1.54) is 96.3 Å². The van der Waals surface area contributed by atoms with Crippen molar-refractivity contribution in [1.82, 2.24) is 0 Å². The molecule has 3 N–H and O–H groups in total. The first-order chi connectivity index (χ1) is 23.3. The molecule has 0 radical (unpaired) electrons. The molecule has 0 spiro atoms. The highest BCUT2D eigenvalue weighted by Gasteiger charge is 2.26. The molecule has 0 aliphatic carbocycles. The number of carbonyl (C=O) groups is 1. The normalized spacial score (nSPS) is 14.5. The zero-order valence-electron chi connectivity index (χ0n) is 30.7. The summed E-state index contributed by atoms with van der Waals surface area (Å²) in [5.74, 6) is -0.390. The Morgan fingerprint density at radius 1 is 0.646 bits per heavy atom. The van der Waals surface area contributed by atoms with Crippen molar-refractivity contribution in [2.24, 2.45) is 0 Å². The standard InChI is InChI=1S/C38H73O9P/c1-3-5-7-9-11-13-14-15-16-17-18-19-20-21-22-23-25-27-29-31-44-34-37(35-46-48(42,43)45-33-36(40)32-39)47-38(41)30-28-26-24-12-10-8-6-4-2/h13-14,16-17,36-37,39-40H,3-12,15,18-35H2,1-2H3,(H,42,43)/b14-13-,17-16-. The van der Waals surface area contributed by atoms with Gasteiger partial charge in [0.1, 0.15) is 12.2 Å². The van der Waals surface area contributed by atoms with Gasteiger partial charge in [-0.15, -0.1) is 0 Å². The van der Waals surface area contributed by atoms with E-state index in [-0.39, 0.29) is 25.6 Å². The second-order valence-electron chi connectivity index (χ2n) is 13.0. The van der Waals surface area contributed by atoms with Crippen molar-refractivity contribution in [1.29, 1.82) is 0 Å². The topological polar surface area (TPSA) is 132 Å². The van der Waals surface area contributed by atoms with E-state index in [2.05, 4.69) is 38.2 Å². The molecule has 0 heterocycles. The Morgan fingerprint density at radius 2 is 1.12 bits per heavy atom. The van der Waals surface area contributed by atoms with Crippen molar-refractivity contribution in [3.63, 3.8) is 0 Å². The first kappa shape index (κ1) is 46.9. The summed E-state index contributed by atoms with van der Waals surface area (Å²) >= 11 is 0. The number of esters is 1. The fraction of sp³-hybridized carbons (Fsp3) is 0.868. The first-order valence-corrected chi connectivity index (χ1v) is 20.8. The molecule has 0 fully saturated rings. The Hall–Kier alpha value is -1.06. The van der Waals surface area contributed by atoms with Crippen LogP contribution in [0.15, 0.2) is 24.3 Å². The molecule has 284 valence electrons. The Morgan fingerprint density at radius 3 is 1.69 bits per heavy atom. The van der Waals surface area contributed by atoms with Crippen LogP contribution in [-0.2, 0) is 27.9 Å². The van der Waals surface area contributed by atoms with E-state index in [0.717, 1.165) is 51.4 Å². The molecule has 48 heavy (non-hydrogen) atoms. The van der Waals surface area contributed by atoms with Gasteiger partial charge in [-0.05, 0) is 44.9 Å². The number of allylic oxidation sites excluding steroid dienone is 4. The van der Waals surface area contributed by atoms with E-state index in [0.29, 0.717) is 6.61 Å². The molecule has 3 unspecified atom stereocenters. The third kappa shape index (κ3) is 34.8. The van der Waals surface area contributed by atoms with E-state index >= 15 is 0 Å². The van der Waals surface area contributed by atoms with Crippen LogP contribution in [0.3, 0.4) is 0 Å². The van der Waals surface area contributed by atoms with Crippen molar-refractivity contribution in [2.75, 3.05) is 33.0 Å². The Bertz CT molecular complexity index is 805. The molecule has 0 aliphatic rings. The zero-order valence-corrected chi connectivity index (χ0v) is 31.6.